The zero-order valence-electron chi connectivity index (χ0n) is 25.3. The fraction of sp³-hybridized carbons (Fsp3) is 0.469. The number of nitrogens with one attached hydrogen (secondary N) is 5. The summed E-state index contributed by atoms with van der Waals surface area (Å²) in [6, 6.07) is 11.2. The summed E-state index contributed by atoms with van der Waals surface area (Å²) in [4.78, 5) is 60.7. The van der Waals surface area contributed by atoms with Gasteiger partial charge in [-0.3, -0.25) is 19.2 Å². The number of carbonyl (C=O) groups is 5. The van der Waals surface area contributed by atoms with Crippen LogP contribution in [0.2, 0.25) is 0 Å². The average molecular weight is 594 g/mol. The summed E-state index contributed by atoms with van der Waals surface area (Å²) in [5, 5.41) is 13.9. The number of anilines is 2. The van der Waals surface area contributed by atoms with Crippen LogP contribution in [0, 0.1) is 0 Å². The highest BCUT2D eigenvalue weighted by Gasteiger charge is 2.30. The Hall–Kier alpha value is -4.41. The molecule has 3 rings (SSSR count). The van der Waals surface area contributed by atoms with Gasteiger partial charge in [0.05, 0.1) is 0 Å². The second-order valence-electron chi connectivity index (χ2n) is 10.5. The van der Waals surface area contributed by atoms with Crippen LogP contribution in [-0.4, -0.2) is 56.5 Å². The summed E-state index contributed by atoms with van der Waals surface area (Å²) in [6.07, 6.45) is 3.06. The lowest BCUT2D eigenvalue weighted by Crippen LogP contribution is -2.24. The van der Waals surface area contributed by atoms with Crippen molar-refractivity contribution in [1.29, 1.82) is 0 Å². The number of rotatable bonds is 16. The first-order valence-corrected chi connectivity index (χ1v) is 15.0. The van der Waals surface area contributed by atoms with Crippen LogP contribution in [0.15, 0.2) is 36.4 Å². The van der Waals surface area contributed by atoms with Crippen LogP contribution < -0.4 is 26.6 Å². The first-order chi connectivity index (χ1) is 20.7. The summed E-state index contributed by atoms with van der Waals surface area (Å²) in [6.45, 7) is 5.28. The van der Waals surface area contributed by atoms with Crippen molar-refractivity contribution >= 4 is 41.1 Å². The van der Waals surface area contributed by atoms with Gasteiger partial charge in [0.25, 0.3) is 0 Å². The lowest BCUT2D eigenvalue weighted by Gasteiger charge is -2.16. The topological polar surface area (TPSA) is 155 Å². The summed E-state index contributed by atoms with van der Waals surface area (Å²) in [5.41, 5.74) is 4.88. The van der Waals surface area contributed by atoms with Crippen molar-refractivity contribution in [1.82, 2.24) is 16.0 Å². The lowest BCUT2D eigenvalue weighted by molar-refractivity contribution is -0.122. The number of hydrogen-bond donors (Lipinski definition) is 5. The fourth-order valence-corrected chi connectivity index (χ4v) is 4.90. The molecule has 0 saturated heterocycles. The highest BCUT2D eigenvalue weighted by molar-refractivity contribution is 5.94. The molecule has 1 aliphatic carbocycles. The molecule has 43 heavy (non-hydrogen) atoms. The van der Waals surface area contributed by atoms with Crippen LogP contribution in [-0.2, 0) is 23.9 Å². The molecule has 0 heterocycles. The first kappa shape index (κ1) is 33.1. The van der Waals surface area contributed by atoms with Crippen molar-refractivity contribution in [3.05, 3.63) is 47.5 Å². The third-order valence-electron chi connectivity index (χ3n) is 7.06. The van der Waals surface area contributed by atoms with Crippen LogP contribution in [0.5, 0.6) is 0 Å². The molecule has 0 aliphatic heterocycles. The minimum absolute atomic E-state index is 0.0609. The van der Waals surface area contributed by atoms with Gasteiger partial charge < -0.3 is 31.3 Å². The Labute approximate surface area is 252 Å². The Balaban J connectivity index is 1.68. The lowest BCUT2D eigenvalue weighted by atomic mass is 9.97. The molecule has 0 saturated carbocycles. The molecular formula is C32H43N5O6. The maximum Gasteiger partial charge on any atom is 0.406 e. The molecule has 5 N–H and O–H groups in total. The van der Waals surface area contributed by atoms with Crippen LogP contribution >= 0.6 is 0 Å². The minimum atomic E-state index is -0.560. The van der Waals surface area contributed by atoms with E-state index in [1.807, 2.05) is 50.2 Å². The Morgan fingerprint density at radius 1 is 0.674 bits per heavy atom. The molecule has 0 atom stereocenters. The Kier molecular flexibility index (Phi) is 13.0. The number of hydrogen-bond acceptors (Lipinski definition) is 6. The van der Waals surface area contributed by atoms with E-state index in [4.69, 9.17) is 4.74 Å². The van der Waals surface area contributed by atoms with Crippen molar-refractivity contribution < 1.29 is 28.7 Å². The molecule has 0 radical (unpaired) electrons. The molecule has 0 unspecified atom stereocenters. The van der Waals surface area contributed by atoms with E-state index in [0.717, 1.165) is 35.1 Å². The van der Waals surface area contributed by atoms with E-state index >= 15 is 0 Å². The van der Waals surface area contributed by atoms with Gasteiger partial charge in [0.2, 0.25) is 23.6 Å². The normalized spacial score (nSPS) is 11.6. The fourth-order valence-electron chi connectivity index (χ4n) is 4.90. The summed E-state index contributed by atoms with van der Waals surface area (Å²) < 4.78 is 5.44. The van der Waals surface area contributed by atoms with E-state index in [2.05, 4.69) is 26.6 Å². The van der Waals surface area contributed by atoms with Crippen molar-refractivity contribution in [3.63, 3.8) is 0 Å². The molecule has 232 valence electrons. The number of carbonyl (C=O) groups excluding carboxylic acids is 5. The minimum Gasteiger partial charge on any atom is -0.449 e. The highest BCUT2D eigenvalue weighted by Crippen LogP contribution is 2.46. The molecule has 0 bridgehead atoms. The van der Waals surface area contributed by atoms with Gasteiger partial charge in [-0.05, 0) is 72.2 Å². The summed E-state index contributed by atoms with van der Waals surface area (Å²) >= 11 is 0. The monoisotopic (exact) mass is 593 g/mol. The zero-order valence-corrected chi connectivity index (χ0v) is 25.3. The second kappa shape index (κ2) is 16.9. The molecule has 11 nitrogen and oxygen atoms in total. The number of amides is 5. The Bertz CT molecular complexity index is 1220. The predicted octanol–water partition coefficient (Wildman–Crippen LogP) is 4.42. The van der Waals surface area contributed by atoms with Crippen molar-refractivity contribution in [2.24, 2.45) is 0 Å². The van der Waals surface area contributed by atoms with Crippen LogP contribution in [0.1, 0.15) is 82.3 Å². The van der Waals surface area contributed by atoms with Crippen LogP contribution in [0.3, 0.4) is 0 Å². The van der Waals surface area contributed by atoms with Gasteiger partial charge in [0.15, 0.2) is 0 Å². The van der Waals surface area contributed by atoms with Crippen molar-refractivity contribution in [3.8, 4) is 11.1 Å². The van der Waals surface area contributed by atoms with E-state index in [0.29, 0.717) is 50.1 Å². The number of alkyl carbamates (subject to hydrolysis) is 1. The molecule has 0 spiro atoms. The molecule has 0 fully saturated rings. The zero-order chi connectivity index (χ0) is 31.2. The second-order valence-corrected chi connectivity index (χ2v) is 10.5. The third-order valence-corrected chi connectivity index (χ3v) is 7.06. The summed E-state index contributed by atoms with van der Waals surface area (Å²) in [7, 11) is 1.49. The first-order valence-electron chi connectivity index (χ1n) is 15.0. The Morgan fingerprint density at radius 3 is 1.53 bits per heavy atom. The third kappa shape index (κ3) is 10.1. The maximum absolute atomic E-state index is 12.6. The molecule has 2 aromatic carbocycles. The smallest absolute Gasteiger partial charge is 0.406 e. The number of fused-ring (bicyclic) bond motifs is 3. The largest absolute Gasteiger partial charge is 0.449 e. The van der Waals surface area contributed by atoms with Crippen molar-refractivity contribution in [2.45, 2.75) is 71.1 Å². The predicted molar refractivity (Wildman–Crippen MR) is 166 cm³/mol. The van der Waals surface area contributed by atoms with Gasteiger partial charge in [-0.1, -0.05) is 26.0 Å². The van der Waals surface area contributed by atoms with E-state index < -0.39 is 6.09 Å². The van der Waals surface area contributed by atoms with E-state index in [1.165, 1.54) is 7.05 Å². The molecule has 0 aromatic heterocycles. The molecular weight excluding hydrogens is 550 g/mol. The van der Waals surface area contributed by atoms with Crippen LogP contribution in [0.25, 0.3) is 11.1 Å². The van der Waals surface area contributed by atoms with Crippen molar-refractivity contribution in [2.75, 3.05) is 37.4 Å². The molecule has 11 heteroatoms. The average Bonchev–Trinajstić information content (AvgIpc) is 3.29. The summed E-state index contributed by atoms with van der Waals surface area (Å²) in [5.74, 6) is -0.821. The van der Waals surface area contributed by atoms with E-state index in [9.17, 15) is 24.0 Å². The van der Waals surface area contributed by atoms with Gasteiger partial charge in [-0.15, -0.1) is 0 Å². The number of benzene rings is 2. The number of ether oxygens (including phenoxy) is 1. The highest BCUT2D eigenvalue weighted by atomic mass is 16.5. The molecule has 2 aromatic rings. The van der Waals surface area contributed by atoms with Crippen LogP contribution in [0.4, 0.5) is 16.2 Å². The Morgan fingerprint density at radius 2 is 1.12 bits per heavy atom. The van der Waals surface area contributed by atoms with Gasteiger partial charge in [-0.25, -0.2) is 4.79 Å². The molecule has 1 aliphatic rings. The van der Waals surface area contributed by atoms with E-state index in [-0.39, 0.29) is 49.0 Å². The standard InChI is InChI=1S/C32H43N5O6/c1-4-16-34-28(38)8-6-10-30(40)36-21-12-14-23-24-15-13-22(37-31(41)11-7-9-29(39)35-17-5-2)19-26(24)27(25(23)18-21)20-43-32(42)33-3/h12-15,18-19,27H,4-11,16-17,20H2,1-3H3,(H,33,42)(H,34,38)(H,35,39)(H,36,40)(H,37,41). The van der Waals surface area contributed by atoms with E-state index in [1.54, 1.807) is 0 Å². The SMILES string of the molecule is CCCNC(=O)CCCC(=O)Nc1ccc2c(c1)C(COC(=O)NC)c1cc(NC(=O)CCCC(=O)NCCC)ccc1-2. The maximum atomic E-state index is 12.6. The van der Waals surface area contributed by atoms with Gasteiger partial charge in [-0.2, -0.15) is 0 Å². The molecule has 5 amide bonds. The van der Waals surface area contributed by atoms with Gasteiger partial charge in [0.1, 0.15) is 6.61 Å². The quantitative estimate of drug-likeness (QED) is 0.194. The van der Waals surface area contributed by atoms with Gasteiger partial charge >= 0.3 is 6.09 Å². The van der Waals surface area contributed by atoms with Gasteiger partial charge in [0, 0.05) is 63.1 Å².